The number of aliphatic hydroxyl groups excluding tert-OH is 4. The van der Waals surface area contributed by atoms with Gasteiger partial charge in [-0.15, -0.1) is 0 Å². The maximum Gasteiger partial charge on any atom is 0.472 e. The number of carbonyl (C=O) groups is 2. The van der Waals surface area contributed by atoms with Crippen LogP contribution in [0.1, 0.15) is 142 Å². The van der Waals surface area contributed by atoms with Crippen LogP contribution in [0.3, 0.4) is 0 Å². The van der Waals surface area contributed by atoms with Gasteiger partial charge in [0.15, 0.2) is 6.10 Å². The summed E-state index contributed by atoms with van der Waals surface area (Å²) in [5.74, 6) is -1.28. The number of hydrogen-bond acceptors (Lipinski definition) is 11. The van der Waals surface area contributed by atoms with Gasteiger partial charge in [0, 0.05) is 12.8 Å². The molecule has 338 valence electrons. The van der Waals surface area contributed by atoms with Crippen LogP contribution in [0.5, 0.6) is 0 Å². The fourth-order valence-corrected chi connectivity index (χ4v) is 5.99. The average molecular weight is 853 g/mol. The number of phosphoric ester groups is 1. The van der Waals surface area contributed by atoms with Gasteiger partial charge in [0.1, 0.15) is 12.7 Å². The summed E-state index contributed by atoms with van der Waals surface area (Å²) in [6.45, 7) is 1.91. The van der Waals surface area contributed by atoms with E-state index in [0.29, 0.717) is 12.8 Å². The molecule has 0 aromatic carbocycles. The summed E-state index contributed by atoms with van der Waals surface area (Å²) in [5.41, 5.74) is 0. The van der Waals surface area contributed by atoms with Crippen LogP contribution < -0.4 is 0 Å². The smallest absolute Gasteiger partial charge is 0.462 e. The molecule has 59 heavy (non-hydrogen) atoms. The number of ether oxygens (including phenoxy) is 2. The number of allylic oxidation sites excluding steroid dienone is 13. The summed E-state index contributed by atoms with van der Waals surface area (Å²) in [4.78, 5) is 35.0. The number of rotatable bonds is 39. The lowest BCUT2D eigenvalue weighted by atomic mass is 10.0. The molecule has 5 N–H and O–H groups in total. The quantitative estimate of drug-likeness (QED) is 0.0171. The Hall–Kier alpha value is -2.93. The third-order valence-electron chi connectivity index (χ3n) is 8.72. The highest BCUT2D eigenvalue weighted by Gasteiger charge is 2.27. The fraction of sp³-hybridized carbons (Fsp3) is 0.652. The molecule has 0 aliphatic heterocycles. The van der Waals surface area contributed by atoms with Crippen LogP contribution in [0.2, 0.25) is 0 Å². The van der Waals surface area contributed by atoms with Gasteiger partial charge in [0.05, 0.1) is 32.0 Å². The molecule has 12 nitrogen and oxygen atoms in total. The number of carbonyl (C=O) groups excluding carboxylic acids is 2. The van der Waals surface area contributed by atoms with Crippen molar-refractivity contribution < 1.29 is 58.0 Å². The second kappa shape index (κ2) is 40.5. The predicted molar refractivity (Wildman–Crippen MR) is 235 cm³/mol. The molecule has 0 rings (SSSR count). The van der Waals surface area contributed by atoms with Crippen molar-refractivity contribution in [2.24, 2.45) is 0 Å². The maximum absolute atomic E-state index is 12.6. The van der Waals surface area contributed by atoms with E-state index in [0.717, 1.165) is 44.9 Å². The Morgan fingerprint density at radius 2 is 1.02 bits per heavy atom. The van der Waals surface area contributed by atoms with Crippen LogP contribution in [0.15, 0.2) is 85.1 Å². The van der Waals surface area contributed by atoms with Crippen LogP contribution >= 0.6 is 7.82 Å². The Labute approximate surface area is 355 Å². The van der Waals surface area contributed by atoms with E-state index in [2.05, 4.69) is 79.1 Å². The van der Waals surface area contributed by atoms with Crippen LogP contribution in [-0.2, 0) is 32.7 Å². The van der Waals surface area contributed by atoms with Crippen LogP contribution in [0, 0.1) is 0 Å². The third-order valence-corrected chi connectivity index (χ3v) is 9.67. The second-order valence-corrected chi connectivity index (χ2v) is 15.8. The summed E-state index contributed by atoms with van der Waals surface area (Å²) in [6.07, 6.45) is 40.1. The summed E-state index contributed by atoms with van der Waals surface area (Å²) in [5, 5.41) is 39.0. The zero-order valence-corrected chi connectivity index (χ0v) is 36.8. The molecule has 3 unspecified atom stereocenters. The molecule has 0 fully saturated rings. The average Bonchev–Trinajstić information content (AvgIpc) is 3.22. The molecule has 0 bridgehead atoms. The number of esters is 2. The van der Waals surface area contributed by atoms with E-state index in [9.17, 15) is 34.4 Å². The van der Waals surface area contributed by atoms with Gasteiger partial charge in [-0.2, -0.15) is 0 Å². The molecule has 0 saturated heterocycles. The van der Waals surface area contributed by atoms with Crippen LogP contribution in [-0.4, -0.2) is 88.1 Å². The Morgan fingerprint density at radius 1 is 0.559 bits per heavy atom. The zero-order chi connectivity index (χ0) is 43.7. The fourth-order valence-electron chi connectivity index (χ4n) is 5.20. The first kappa shape index (κ1) is 56.1. The first-order chi connectivity index (χ1) is 28.5. The van der Waals surface area contributed by atoms with Crippen molar-refractivity contribution in [1.29, 1.82) is 0 Å². The van der Waals surface area contributed by atoms with Crippen molar-refractivity contribution in [3.63, 3.8) is 0 Å². The van der Waals surface area contributed by atoms with Crippen molar-refractivity contribution in [3.05, 3.63) is 85.1 Å². The molecule has 0 saturated carbocycles. The number of hydrogen-bond donors (Lipinski definition) is 5. The van der Waals surface area contributed by atoms with Gasteiger partial charge in [0.2, 0.25) is 0 Å². The lowest BCUT2D eigenvalue weighted by molar-refractivity contribution is -0.161. The standard InChI is InChI=1S/C46H77O12P/c1-3-5-7-9-11-13-15-17-18-19-20-21-23-25-27-29-31-35-46(52)58-42(40-57-59(53,54)56-38-41(48)37-47)39-55-45(51)36-32-34-44(50)43(49)33-30-28-26-24-22-16-14-12-10-8-6-4-2/h11-14,17-18,20-22,24-25,27-28,30,41-44,47-50H,3-10,15-16,19,23,26,29,31-40H2,1-2H3,(H,53,54)/b13-11-,14-12-,18-17-,21-20-,24-22-,27-25-,30-28-/t41-,42+,43?,44?/m0/s1. The molecule has 0 radical (unpaired) electrons. The van der Waals surface area contributed by atoms with Crippen LogP contribution in [0.4, 0.5) is 0 Å². The van der Waals surface area contributed by atoms with E-state index < -0.39 is 70.6 Å². The molecule has 0 aromatic rings. The zero-order valence-electron chi connectivity index (χ0n) is 35.9. The highest BCUT2D eigenvalue weighted by molar-refractivity contribution is 7.47. The Morgan fingerprint density at radius 3 is 1.53 bits per heavy atom. The monoisotopic (exact) mass is 853 g/mol. The van der Waals surface area contributed by atoms with Gasteiger partial charge < -0.3 is 34.8 Å². The molecule has 5 atom stereocenters. The molecule has 0 aliphatic rings. The van der Waals surface area contributed by atoms with Gasteiger partial charge in [-0.1, -0.05) is 125 Å². The normalized spacial score (nSPS) is 15.7. The van der Waals surface area contributed by atoms with Crippen LogP contribution in [0.25, 0.3) is 0 Å². The number of unbranched alkanes of at least 4 members (excludes halogenated alkanes) is 7. The van der Waals surface area contributed by atoms with Crippen molar-refractivity contribution in [2.45, 2.75) is 167 Å². The van der Waals surface area contributed by atoms with E-state index in [1.54, 1.807) is 0 Å². The van der Waals surface area contributed by atoms with E-state index in [4.69, 9.17) is 19.1 Å². The van der Waals surface area contributed by atoms with Gasteiger partial charge >= 0.3 is 19.8 Å². The number of aliphatic hydroxyl groups is 4. The lowest BCUT2D eigenvalue weighted by Gasteiger charge is -2.20. The van der Waals surface area contributed by atoms with Gasteiger partial charge in [-0.3, -0.25) is 18.6 Å². The predicted octanol–water partition coefficient (Wildman–Crippen LogP) is 9.39. The SMILES string of the molecule is CCCCC/C=C\C/C=C\C/C=C\C/C=C\CCCC(=O)O[C@H](COC(=O)CCCC(O)C(O)C/C=C\C/C=C\C/C=C\CCCCC)COP(=O)(O)OC[C@@H](O)CO. The van der Waals surface area contributed by atoms with E-state index >= 15 is 0 Å². The highest BCUT2D eigenvalue weighted by atomic mass is 31.2. The molecule has 13 heteroatoms. The second-order valence-electron chi connectivity index (χ2n) is 14.3. The minimum absolute atomic E-state index is 0.0431. The first-order valence-corrected chi connectivity index (χ1v) is 23.2. The van der Waals surface area contributed by atoms with E-state index in [1.165, 1.54) is 38.5 Å². The largest absolute Gasteiger partial charge is 0.472 e. The van der Waals surface area contributed by atoms with Gasteiger partial charge in [0.25, 0.3) is 0 Å². The third kappa shape index (κ3) is 39.0. The lowest BCUT2D eigenvalue weighted by Crippen LogP contribution is -2.30. The van der Waals surface area contributed by atoms with Gasteiger partial charge in [-0.25, -0.2) is 4.57 Å². The molecule has 0 aliphatic carbocycles. The molecule has 0 amide bonds. The Balaban J connectivity index is 4.65. The van der Waals surface area contributed by atoms with Crippen molar-refractivity contribution in [2.75, 3.05) is 26.4 Å². The molecular formula is C46H77O12P. The highest BCUT2D eigenvalue weighted by Crippen LogP contribution is 2.43. The summed E-state index contributed by atoms with van der Waals surface area (Å²) >= 11 is 0. The van der Waals surface area contributed by atoms with Gasteiger partial charge in [-0.05, 0) is 89.9 Å². The minimum atomic E-state index is -4.71. The van der Waals surface area contributed by atoms with Crippen molar-refractivity contribution >= 4 is 19.8 Å². The Bertz CT molecular complexity index is 1290. The van der Waals surface area contributed by atoms with E-state index in [-0.39, 0.29) is 32.1 Å². The molecule has 0 spiro atoms. The maximum atomic E-state index is 12.6. The molecule has 0 heterocycles. The topological polar surface area (TPSA) is 189 Å². The molecule has 0 aromatic heterocycles. The summed E-state index contributed by atoms with van der Waals surface area (Å²) < 4.78 is 32.4. The summed E-state index contributed by atoms with van der Waals surface area (Å²) in [6, 6.07) is 0. The first-order valence-electron chi connectivity index (χ1n) is 21.7. The minimum Gasteiger partial charge on any atom is -0.462 e. The van der Waals surface area contributed by atoms with E-state index in [1.807, 2.05) is 24.3 Å². The van der Waals surface area contributed by atoms with Crippen molar-refractivity contribution in [1.82, 2.24) is 0 Å². The summed E-state index contributed by atoms with van der Waals surface area (Å²) in [7, 11) is -4.71. The molecular weight excluding hydrogens is 775 g/mol. The Kier molecular flexibility index (Phi) is 38.5. The number of phosphoric acid groups is 1. The van der Waals surface area contributed by atoms with Crippen molar-refractivity contribution in [3.8, 4) is 0 Å².